The first kappa shape index (κ1) is 18.1. The van der Waals surface area contributed by atoms with Crippen LogP contribution in [0.5, 0.6) is 5.75 Å². The van der Waals surface area contributed by atoms with Crippen molar-refractivity contribution >= 4 is 56.8 Å². The number of phenolic OH excluding ortho intramolecular Hbond substituents is 1. The first-order valence-corrected chi connectivity index (χ1v) is 8.27. The van der Waals surface area contributed by atoms with E-state index in [2.05, 4.69) is 31.6 Å². The Kier molecular flexibility index (Phi) is 6.05. The minimum Gasteiger partial charge on any atom is -0.506 e. The van der Waals surface area contributed by atoms with Crippen molar-refractivity contribution in [3.05, 3.63) is 52.0 Å². The topological polar surface area (TPSA) is 73.7 Å². The molecule has 0 heterocycles. The molecular formula is C17H16BrN3O2S. The molecule has 0 aromatic heterocycles. The lowest BCUT2D eigenvalue weighted by atomic mass is 10.1. The monoisotopic (exact) mass is 405 g/mol. The Morgan fingerprint density at radius 1 is 1.29 bits per heavy atom. The van der Waals surface area contributed by atoms with Crippen LogP contribution in [0.3, 0.4) is 0 Å². The molecule has 124 valence electrons. The molecule has 1 amide bonds. The lowest BCUT2D eigenvalue weighted by Crippen LogP contribution is -2.32. The van der Waals surface area contributed by atoms with Gasteiger partial charge in [-0.3, -0.25) is 9.79 Å². The van der Waals surface area contributed by atoms with Gasteiger partial charge in [-0.25, -0.2) is 0 Å². The van der Waals surface area contributed by atoms with Gasteiger partial charge in [0.05, 0.1) is 10.2 Å². The molecule has 0 radical (unpaired) electrons. The fourth-order valence-electron chi connectivity index (χ4n) is 1.96. The molecule has 7 heteroatoms. The number of hydrogen-bond acceptors (Lipinski definition) is 4. The predicted octanol–water partition coefficient (Wildman–Crippen LogP) is 4.05. The number of nitrogens with one attached hydrogen (secondary N) is 2. The van der Waals surface area contributed by atoms with Crippen LogP contribution in [0, 0.1) is 6.92 Å². The molecule has 0 unspecified atom stereocenters. The van der Waals surface area contributed by atoms with Gasteiger partial charge in [-0.1, -0.05) is 0 Å². The van der Waals surface area contributed by atoms with Gasteiger partial charge in [-0.15, -0.1) is 0 Å². The molecule has 2 aromatic rings. The second kappa shape index (κ2) is 8.03. The molecule has 2 rings (SSSR count). The van der Waals surface area contributed by atoms with Crippen molar-refractivity contribution in [1.29, 1.82) is 0 Å². The van der Waals surface area contributed by atoms with E-state index in [1.165, 1.54) is 6.92 Å². The van der Waals surface area contributed by atoms with Crippen molar-refractivity contribution in [2.24, 2.45) is 4.99 Å². The lowest BCUT2D eigenvalue weighted by molar-refractivity contribution is -0.117. The van der Waals surface area contributed by atoms with Crippen molar-refractivity contribution in [3.63, 3.8) is 0 Å². The first-order valence-electron chi connectivity index (χ1n) is 7.07. The number of carbonyl (C=O) groups excluding carboxylic acids is 1. The van der Waals surface area contributed by atoms with Gasteiger partial charge >= 0.3 is 0 Å². The zero-order valence-corrected chi connectivity index (χ0v) is 15.5. The SMILES string of the molecule is CC(=O)NC(=S)Nc1ccc(N=Cc2cc(C)cc(Br)c2O)cc1. The summed E-state index contributed by atoms with van der Waals surface area (Å²) in [7, 11) is 0. The largest absolute Gasteiger partial charge is 0.506 e. The second-order valence-electron chi connectivity index (χ2n) is 5.12. The molecule has 0 saturated heterocycles. The number of aryl methyl sites for hydroxylation is 1. The Labute approximate surface area is 153 Å². The van der Waals surface area contributed by atoms with Gasteiger partial charge in [-0.05, 0) is 77.0 Å². The standard InChI is InChI=1S/C17H16BrN3O2S/c1-10-7-12(16(23)15(18)8-10)9-19-13-3-5-14(6-4-13)21-17(24)20-11(2)22/h3-9,23H,1-2H3,(H2,20,21,22,24). The highest BCUT2D eigenvalue weighted by Crippen LogP contribution is 2.28. The Morgan fingerprint density at radius 2 is 1.96 bits per heavy atom. The number of aromatic hydroxyl groups is 1. The van der Waals surface area contributed by atoms with Gasteiger partial charge in [0.15, 0.2) is 5.11 Å². The summed E-state index contributed by atoms with van der Waals surface area (Å²) in [6.45, 7) is 3.34. The molecule has 2 aromatic carbocycles. The highest BCUT2D eigenvalue weighted by atomic mass is 79.9. The molecule has 0 fully saturated rings. The van der Waals surface area contributed by atoms with Gasteiger partial charge in [0.2, 0.25) is 5.91 Å². The van der Waals surface area contributed by atoms with E-state index in [4.69, 9.17) is 12.2 Å². The third-order valence-electron chi connectivity index (χ3n) is 3.00. The number of thiocarbonyl (C=S) groups is 1. The van der Waals surface area contributed by atoms with E-state index >= 15 is 0 Å². The van der Waals surface area contributed by atoms with Crippen molar-refractivity contribution in [2.75, 3.05) is 5.32 Å². The molecule has 0 spiro atoms. The first-order chi connectivity index (χ1) is 11.3. The Bertz CT molecular complexity index is 804. The number of phenols is 1. The quantitative estimate of drug-likeness (QED) is 0.531. The molecule has 0 aliphatic rings. The normalized spacial score (nSPS) is 10.6. The van der Waals surface area contributed by atoms with E-state index in [9.17, 15) is 9.90 Å². The third-order valence-corrected chi connectivity index (χ3v) is 3.81. The van der Waals surface area contributed by atoms with E-state index in [0.29, 0.717) is 10.0 Å². The van der Waals surface area contributed by atoms with Crippen LogP contribution in [-0.2, 0) is 4.79 Å². The summed E-state index contributed by atoms with van der Waals surface area (Å²) in [6.07, 6.45) is 1.61. The average Bonchev–Trinajstić information content (AvgIpc) is 2.50. The maximum absolute atomic E-state index is 10.9. The summed E-state index contributed by atoms with van der Waals surface area (Å²) >= 11 is 8.30. The van der Waals surface area contributed by atoms with Crippen LogP contribution in [0.1, 0.15) is 18.1 Å². The minimum atomic E-state index is -0.224. The van der Waals surface area contributed by atoms with Gasteiger partial charge in [0.25, 0.3) is 0 Å². The zero-order valence-electron chi connectivity index (χ0n) is 13.1. The van der Waals surface area contributed by atoms with Crippen LogP contribution >= 0.6 is 28.1 Å². The molecule has 0 saturated carbocycles. The highest BCUT2D eigenvalue weighted by Gasteiger charge is 2.04. The summed E-state index contributed by atoms with van der Waals surface area (Å²) in [5, 5.41) is 15.7. The number of benzene rings is 2. The molecular weight excluding hydrogens is 390 g/mol. The van der Waals surface area contributed by atoms with Crippen molar-refractivity contribution < 1.29 is 9.90 Å². The number of hydrogen-bond donors (Lipinski definition) is 3. The van der Waals surface area contributed by atoms with Crippen molar-refractivity contribution in [3.8, 4) is 5.75 Å². The highest BCUT2D eigenvalue weighted by molar-refractivity contribution is 9.10. The maximum atomic E-state index is 10.9. The molecule has 0 bridgehead atoms. The van der Waals surface area contributed by atoms with Crippen LogP contribution in [-0.4, -0.2) is 22.3 Å². The number of aliphatic imine (C=N–C) groups is 1. The molecule has 0 aliphatic carbocycles. The fraction of sp³-hybridized carbons (Fsp3) is 0.118. The number of amides is 1. The van der Waals surface area contributed by atoms with Gasteiger partial charge in [0, 0.05) is 24.4 Å². The summed E-state index contributed by atoms with van der Waals surface area (Å²) in [6, 6.07) is 10.9. The fourth-order valence-corrected chi connectivity index (χ4v) is 2.81. The molecule has 5 nitrogen and oxygen atoms in total. The van der Waals surface area contributed by atoms with Crippen LogP contribution < -0.4 is 10.6 Å². The van der Waals surface area contributed by atoms with E-state index in [1.54, 1.807) is 30.5 Å². The van der Waals surface area contributed by atoms with E-state index < -0.39 is 0 Å². The predicted molar refractivity (Wildman–Crippen MR) is 104 cm³/mol. The van der Waals surface area contributed by atoms with E-state index in [0.717, 1.165) is 16.9 Å². The Morgan fingerprint density at radius 3 is 2.58 bits per heavy atom. The average molecular weight is 406 g/mol. The van der Waals surface area contributed by atoms with E-state index in [-0.39, 0.29) is 16.8 Å². The summed E-state index contributed by atoms with van der Waals surface area (Å²) in [5.41, 5.74) is 3.12. The summed E-state index contributed by atoms with van der Waals surface area (Å²) in [5.74, 6) is -0.0684. The zero-order chi connectivity index (χ0) is 17.7. The second-order valence-corrected chi connectivity index (χ2v) is 6.39. The van der Waals surface area contributed by atoms with Gasteiger partial charge in [0.1, 0.15) is 5.75 Å². The third kappa shape index (κ3) is 5.14. The Balaban J connectivity index is 2.09. The summed E-state index contributed by atoms with van der Waals surface area (Å²) in [4.78, 5) is 15.3. The number of rotatable bonds is 3. The Hall–Kier alpha value is -2.25. The van der Waals surface area contributed by atoms with Crippen LogP contribution in [0.15, 0.2) is 45.9 Å². The van der Waals surface area contributed by atoms with Crippen molar-refractivity contribution in [2.45, 2.75) is 13.8 Å². The lowest BCUT2D eigenvalue weighted by Gasteiger charge is -2.08. The summed E-state index contributed by atoms with van der Waals surface area (Å²) < 4.78 is 0.634. The molecule has 24 heavy (non-hydrogen) atoms. The smallest absolute Gasteiger partial charge is 0.222 e. The van der Waals surface area contributed by atoms with E-state index in [1.807, 2.05) is 19.1 Å². The number of anilines is 1. The molecule has 0 atom stereocenters. The molecule has 0 aliphatic heterocycles. The van der Waals surface area contributed by atoms with Crippen LogP contribution in [0.25, 0.3) is 0 Å². The number of halogens is 1. The van der Waals surface area contributed by atoms with Gasteiger partial charge in [-0.2, -0.15) is 0 Å². The number of carbonyl (C=O) groups is 1. The maximum Gasteiger partial charge on any atom is 0.222 e. The van der Waals surface area contributed by atoms with Crippen molar-refractivity contribution in [1.82, 2.24) is 5.32 Å². The number of nitrogens with zero attached hydrogens (tertiary/aromatic N) is 1. The minimum absolute atomic E-state index is 0.156. The van der Waals surface area contributed by atoms with Crippen LogP contribution in [0.4, 0.5) is 11.4 Å². The molecule has 3 N–H and O–H groups in total. The van der Waals surface area contributed by atoms with Crippen LogP contribution in [0.2, 0.25) is 0 Å². The van der Waals surface area contributed by atoms with Gasteiger partial charge < -0.3 is 15.7 Å².